The predicted molar refractivity (Wildman–Crippen MR) is 289 cm³/mol. The first-order valence-corrected chi connectivity index (χ1v) is 42.9. The zero-order valence-electron chi connectivity index (χ0n) is 41.5. The lowest BCUT2D eigenvalue weighted by atomic mass is 10.6. The van der Waals surface area contributed by atoms with Gasteiger partial charge in [-0.15, -0.1) is 59.2 Å². The maximum absolute atomic E-state index is 7.69. The third-order valence-corrected chi connectivity index (χ3v) is 52.5. The minimum Gasteiger partial charge on any atom is -0.409 e. The van der Waals surface area contributed by atoms with E-state index in [-0.39, 0.29) is 0 Å². The normalized spacial score (nSPS) is 36.1. The smallest absolute Gasteiger partial charge is 0.347 e. The van der Waals surface area contributed by atoms with E-state index in [1.54, 1.807) is 0 Å². The molecule has 18 heteroatoms. The predicted octanol–water partition coefficient (Wildman–Crippen LogP) is 14.3. The quantitative estimate of drug-likeness (QED) is 0.0747. The van der Waals surface area contributed by atoms with Crippen LogP contribution in [0.5, 0.6) is 0 Å². The average molecular weight is 1030 g/mol. The molecule has 63 heavy (non-hydrogen) atoms. The van der Waals surface area contributed by atoms with E-state index in [1.807, 2.05) is 51.3 Å². The van der Waals surface area contributed by atoms with E-state index in [1.165, 1.54) is 0 Å². The van der Waals surface area contributed by atoms with E-state index in [9.17, 15) is 0 Å². The molecule has 0 aromatic heterocycles. The summed E-state index contributed by atoms with van der Waals surface area (Å²) in [5.74, 6) is 0. The molecule has 1 aliphatic rings. The van der Waals surface area contributed by atoms with E-state index in [0.717, 1.165) is 57.8 Å². The van der Waals surface area contributed by atoms with Crippen LogP contribution in [0.1, 0.15) is 120 Å². The van der Waals surface area contributed by atoms with Crippen molar-refractivity contribution in [2.75, 3.05) is 0 Å². The lowest BCUT2D eigenvalue weighted by Gasteiger charge is -2.50. The molecule has 0 saturated carbocycles. The second-order valence-corrected chi connectivity index (χ2v) is 46.9. The molecule has 0 aromatic carbocycles. The van der Waals surface area contributed by atoms with E-state index < -0.39 is 77.0 Å². The Labute approximate surface area is 396 Å². The van der Waals surface area contributed by atoms with Crippen molar-refractivity contribution in [1.82, 2.24) is 0 Å². The summed E-state index contributed by atoms with van der Waals surface area (Å²) in [7, 11) is -30.9. The van der Waals surface area contributed by atoms with Gasteiger partial charge in [0.05, 0.1) is 0 Å². The van der Waals surface area contributed by atoms with Gasteiger partial charge in [0.15, 0.2) is 0 Å². The molecule has 0 spiro atoms. The van der Waals surface area contributed by atoms with Crippen molar-refractivity contribution in [3.63, 3.8) is 0 Å². The van der Waals surface area contributed by atoms with Gasteiger partial charge >= 0.3 is 77.0 Å². The van der Waals surface area contributed by atoms with Gasteiger partial charge in [-0.3, -0.25) is 0 Å². The second kappa shape index (κ2) is 27.9. The lowest BCUT2D eigenvalue weighted by molar-refractivity contribution is 0.236. The van der Waals surface area contributed by atoms with Crippen LogP contribution in [0.4, 0.5) is 0 Å². The Hall–Kier alpha value is -0.748. The minimum absolute atomic E-state index is 0.622. The summed E-state index contributed by atoms with van der Waals surface area (Å²) in [6.45, 7) is 59.5. The van der Waals surface area contributed by atoms with Crippen molar-refractivity contribution in [3.8, 4) is 0 Å². The van der Waals surface area contributed by atoms with Crippen molar-refractivity contribution >= 4 is 77.0 Å². The van der Waals surface area contributed by atoms with Crippen LogP contribution >= 0.6 is 0 Å². The molecule has 1 fully saturated rings. The van der Waals surface area contributed by atoms with Crippen molar-refractivity contribution in [3.05, 3.63) is 111 Å². The zero-order valence-corrected chi connectivity index (χ0v) is 50.5. The summed E-state index contributed by atoms with van der Waals surface area (Å²) in [5.41, 5.74) is 17.3. The highest BCUT2D eigenvalue weighted by molar-refractivity contribution is 7.01. The van der Waals surface area contributed by atoms with Crippen LogP contribution in [0.3, 0.4) is 0 Å². The van der Waals surface area contributed by atoms with Crippen molar-refractivity contribution in [2.45, 2.75) is 174 Å². The molecule has 1 heterocycles. The van der Waals surface area contributed by atoms with Gasteiger partial charge in [-0.25, -0.2) is 0 Å². The Morgan fingerprint density at radius 2 is 0.286 bits per heavy atom. The van der Waals surface area contributed by atoms with E-state index in [2.05, 4.69) is 122 Å². The molecule has 0 radical (unpaired) electrons. The molecule has 0 amide bonds. The topological polar surface area (TPSA) is 83.1 Å². The van der Waals surface area contributed by atoms with E-state index in [4.69, 9.17) is 37.0 Å². The summed E-state index contributed by atoms with van der Waals surface area (Å²) in [6.07, 6.45) is 7.09. The fraction of sp³-hybridized carbons (Fsp3) is 0.600. The van der Waals surface area contributed by atoms with Crippen LogP contribution in [0, 0.1) is 0 Å². The molecule has 9 nitrogen and oxygen atoms in total. The number of rotatable bonds is 27. The lowest BCUT2D eigenvalue weighted by Crippen LogP contribution is -2.68. The summed E-state index contributed by atoms with van der Waals surface area (Å²) in [6, 6.07) is 5.60. The van der Waals surface area contributed by atoms with Crippen LogP contribution in [0.25, 0.3) is 0 Å². The molecule has 360 valence electrons. The number of hydrogen-bond acceptors (Lipinski definition) is 9. The third kappa shape index (κ3) is 15.9. The van der Waals surface area contributed by atoms with Gasteiger partial charge in [0, 0.05) is 0 Å². The molecule has 0 aromatic rings. The Kier molecular flexibility index (Phi) is 26.7. The van der Waals surface area contributed by atoms with Crippen LogP contribution in [-0.4, -0.2) is 77.0 Å². The fourth-order valence-corrected chi connectivity index (χ4v) is 55.9. The SMILES string of the molecule is C=C[Si]1(CCC)O[Si](C=C)(CCC)O[Si](C=C)(CCC)O[Si](C=C)(CCC)O[Si](C=C)(CCC)O[Si](C=C)(CCC)O[Si](C=C)(CCC)O[Si](C=C)(CCC)O[Si](C=C)(CCC)O1. The summed E-state index contributed by atoms with van der Waals surface area (Å²) >= 11 is 0. The van der Waals surface area contributed by atoms with Crippen molar-refractivity contribution < 1.29 is 37.0 Å². The molecule has 0 unspecified atom stereocenters. The van der Waals surface area contributed by atoms with Crippen LogP contribution in [-0.2, 0) is 37.0 Å². The monoisotopic (exact) mass is 1030 g/mol. The highest BCUT2D eigenvalue weighted by Gasteiger charge is 2.61. The first-order chi connectivity index (χ1) is 30.0. The molecule has 1 rings (SSSR count). The van der Waals surface area contributed by atoms with Gasteiger partial charge in [-0.2, -0.15) is 0 Å². The van der Waals surface area contributed by atoms with Crippen molar-refractivity contribution in [1.29, 1.82) is 0 Å². The fourth-order valence-electron chi connectivity index (χ4n) is 8.54. The average Bonchev–Trinajstić information content (AvgIpc) is 3.26. The van der Waals surface area contributed by atoms with Crippen LogP contribution in [0.2, 0.25) is 54.4 Å². The summed E-state index contributed by atoms with van der Waals surface area (Å²) in [5, 5.41) is 0. The van der Waals surface area contributed by atoms with E-state index in [0.29, 0.717) is 54.4 Å². The minimum atomic E-state index is -3.44. The Bertz CT molecular complexity index is 1140. The Morgan fingerprint density at radius 3 is 0.333 bits per heavy atom. The number of hydrogen-bond donors (Lipinski definition) is 0. The highest BCUT2D eigenvalue weighted by Crippen LogP contribution is 2.42. The largest absolute Gasteiger partial charge is 0.409 e. The molecule has 1 saturated heterocycles. The summed E-state index contributed by atoms with van der Waals surface area (Å²) < 4.78 is 69.2. The highest BCUT2D eigenvalue weighted by atomic mass is 28.5. The molecular formula is C45H90O9Si9. The van der Waals surface area contributed by atoms with Gasteiger partial charge < -0.3 is 37.0 Å². The molecule has 0 aliphatic carbocycles. The zero-order chi connectivity index (χ0) is 48.0. The van der Waals surface area contributed by atoms with Gasteiger partial charge in [-0.1, -0.05) is 171 Å². The van der Waals surface area contributed by atoms with Crippen LogP contribution in [0.15, 0.2) is 111 Å². The second-order valence-electron chi connectivity index (χ2n) is 16.8. The molecular weight excluding hydrogens is 937 g/mol. The van der Waals surface area contributed by atoms with E-state index >= 15 is 0 Å². The third-order valence-electron chi connectivity index (χ3n) is 11.3. The molecule has 0 N–H and O–H groups in total. The van der Waals surface area contributed by atoms with Crippen LogP contribution < -0.4 is 0 Å². The Morgan fingerprint density at radius 1 is 0.206 bits per heavy atom. The first kappa shape index (κ1) is 60.3. The van der Waals surface area contributed by atoms with Crippen molar-refractivity contribution in [2.24, 2.45) is 0 Å². The van der Waals surface area contributed by atoms with Gasteiger partial charge in [-0.05, 0) is 54.4 Å². The molecule has 1 aliphatic heterocycles. The first-order valence-electron chi connectivity index (χ1n) is 24.0. The maximum Gasteiger partial charge on any atom is 0.347 e. The standard InChI is InChI=1S/C45H90O9Si9/c1-19-37-55(28-10)46-56(29-11,38-20-2)48-58(31-13,40-22-4)50-60(33-15,42-24-6)52-62(35-17,44-26-8)54-63(36-18,45-27-9)53-61(34-16,43-25-7)51-59(32-14,41-23-5)49-57(30-12,47-55)39-21-3/h28-36H,10-27,37-45H2,1-9H3. The molecule has 0 atom stereocenters. The summed E-state index contributed by atoms with van der Waals surface area (Å²) in [4.78, 5) is 0. The van der Waals surface area contributed by atoms with Gasteiger partial charge in [0.2, 0.25) is 0 Å². The van der Waals surface area contributed by atoms with Gasteiger partial charge in [0.1, 0.15) is 0 Å². The molecule has 0 bridgehead atoms. The Balaban J connectivity index is 4.91. The maximum atomic E-state index is 7.69. The van der Waals surface area contributed by atoms with Gasteiger partial charge in [0.25, 0.3) is 0 Å².